The fourth-order valence-electron chi connectivity index (χ4n) is 2.51. The molecule has 0 saturated carbocycles. The summed E-state index contributed by atoms with van der Waals surface area (Å²) in [7, 11) is 0. The molecular formula is C18H18BrNO4. The van der Waals surface area contributed by atoms with E-state index >= 15 is 0 Å². The number of fused-ring (bicyclic) bond motifs is 1. The summed E-state index contributed by atoms with van der Waals surface area (Å²) in [6.45, 7) is 4.94. The molecule has 0 fully saturated rings. The molecular weight excluding hydrogens is 374 g/mol. The van der Waals surface area contributed by atoms with E-state index in [1.165, 1.54) is 0 Å². The number of amides is 1. The number of anilines is 1. The van der Waals surface area contributed by atoms with Gasteiger partial charge >= 0.3 is 0 Å². The lowest BCUT2D eigenvalue weighted by Crippen LogP contribution is -2.21. The smallest absolute Gasteiger partial charge is 0.262 e. The second-order valence-corrected chi connectivity index (χ2v) is 6.49. The Bertz CT molecular complexity index is 756. The number of benzene rings is 2. The predicted octanol–water partition coefficient (Wildman–Crippen LogP) is 3.85. The van der Waals surface area contributed by atoms with E-state index in [0.717, 1.165) is 15.6 Å². The molecule has 1 amide bonds. The van der Waals surface area contributed by atoms with Crippen LogP contribution in [-0.2, 0) is 4.79 Å². The van der Waals surface area contributed by atoms with Crippen molar-refractivity contribution >= 4 is 27.5 Å². The first kappa shape index (κ1) is 16.6. The zero-order valence-electron chi connectivity index (χ0n) is 13.5. The molecule has 2 aromatic rings. The Morgan fingerprint density at radius 2 is 1.71 bits per heavy atom. The number of carbonyl (C=O) groups is 1. The van der Waals surface area contributed by atoms with Gasteiger partial charge in [0.05, 0.1) is 5.69 Å². The van der Waals surface area contributed by atoms with Crippen LogP contribution in [0.5, 0.6) is 17.2 Å². The summed E-state index contributed by atoms with van der Waals surface area (Å²) in [6.07, 6.45) is 0. The van der Waals surface area contributed by atoms with Crippen LogP contribution in [0.25, 0.3) is 0 Å². The number of aryl methyl sites for hydroxylation is 2. The van der Waals surface area contributed by atoms with Crippen molar-refractivity contribution in [1.29, 1.82) is 0 Å². The van der Waals surface area contributed by atoms with E-state index in [0.29, 0.717) is 36.1 Å². The van der Waals surface area contributed by atoms with Crippen LogP contribution < -0.4 is 19.5 Å². The van der Waals surface area contributed by atoms with Gasteiger partial charge in [-0.15, -0.1) is 0 Å². The van der Waals surface area contributed by atoms with E-state index in [1.807, 2.05) is 26.0 Å². The summed E-state index contributed by atoms with van der Waals surface area (Å²) in [6, 6.07) is 9.39. The van der Waals surface area contributed by atoms with Crippen molar-refractivity contribution in [2.45, 2.75) is 13.8 Å². The van der Waals surface area contributed by atoms with E-state index in [2.05, 4.69) is 27.3 Å². The van der Waals surface area contributed by atoms with Crippen molar-refractivity contribution in [2.75, 3.05) is 25.1 Å². The maximum Gasteiger partial charge on any atom is 0.262 e. The van der Waals surface area contributed by atoms with Crippen LogP contribution in [0.2, 0.25) is 0 Å². The standard InChI is InChI=1S/C18H18BrNO4/c1-11-5-12(2)7-13(6-11)24-10-18(21)20-15-9-17-16(8-14(15)19)22-3-4-23-17/h5-9H,3-4,10H2,1-2H3,(H,20,21). The summed E-state index contributed by atoms with van der Waals surface area (Å²) >= 11 is 3.43. The SMILES string of the molecule is Cc1cc(C)cc(OCC(=O)Nc2cc3c(cc2Br)OCCO3)c1. The lowest BCUT2D eigenvalue weighted by molar-refractivity contribution is -0.118. The van der Waals surface area contributed by atoms with Gasteiger partial charge in [-0.2, -0.15) is 0 Å². The summed E-state index contributed by atoms with van der Waals surface area (Å²) in [5.41, 5.74) is 2.81. The monoisotopic (exact) mass is 391 g/mol. The molecule has 1 aliphatic heterocycles. The zero-order chi connectivity index (χ0) is 17.1. The Balaban J connectivity index is 1.64. The normalized spacial score (nSPS) is 12.6. The third-order valence-corrected chi connectivity index (χ3v) is 4.13. The first-order chi connectivity index (χ1) is 11.5. The molecule has 1 aliphatic rings. The first-order valence-corrected chi connectivity index (χ1v) is 8.40. The third kappa shape index (κ3) is 4.00. The molecule has 0 aromatic heterocycles. The van der Waals surface area contributed by atoms with Crippen LogP contribution in [0, 0.1) is 13.8 Å². The number of hydrogen-bond donors (Lipinski definition) is 1. The van der Waals surface area contributed by atoms with Gasteiger partial charge in [0.25, 0.3) is 5.91 Å². The molecule has 3 rings (SSSR count). The number of carbonyl (C=O) groups excluding carboxylic acids is 1. The van der Waals surface area contributed by atoms with E-state index in [-0.39, 0.29) is 12.5 Å². The van der Waals surface area contributed by atoms with Crippen LogP contribution in [0.4, 0.5) is 5.69 Å². The van der Waals surface area contributed by atoms with E-state index in [9.17, 15) is 4.79 Å². The minimum atomic E-state index is -0.244. The molecule has 0 spiro atoms. The van der Waals surface area contributed by atoms with Crippen LogP contribution in [0.1, 0.15) is 11.1 Å². The van der Waals surface area contributed by atoms with Gasteiger partial charge in [-0.05, 0) is 53.0 Å². The molecule has 0 saturated heterocycles. The zero-order valence-corrected chi connectivity index (χ0v) is 15.1. The second kappa shape index (κ2) is 7.13. The number of nitrogens with one attached hydrogen (secondary N) is 1. The van der Waals surface area contributed by atoms with Gasteiger partial charge in [0.2, 0.25) is 0 Å². The second-order valence-electron chi connectivity index (χ2n) is 5.64. The van der Waals surface area contributed by atoms with E-state index in [4.69, 9.17) is 14.2 Å². The molecule has 1 heterocycles. The van der Waals surface area contributed by atoms with Gasteiger partial charge in [-0.1, -0.05) is 6.07 Å². The van der Waals surface area contributed by atoms with Gasteiger partial charge < -0.3 is 19.5 Å². The summed E-state index contributed by atoms with van der Waals surface area (Å²) in [5, 5.41) is 2.81. The quantitative estimate of drug-likeness (QED) is 0.859. The fraction of sp³-hybridized carbons (Fsp3) is 0.278. The highest BCUT2D eigenvalue weighted by atomic mass is 79.9. The highest BCUT2D eigenvalue weighted by Crippen LogP contribution is 2.38. The Morgan fingerprint density at radius 3 is 2.38 bits per heavy atom. The summed E-state index contributed by atoms with van der Waals surface area (Å²) < 4.78 is 17.3. The van der Waals surface area contributed by atoms with Gasteiger partial charge in [0.1, 0.15) is 19.0 Å². The third-order valence-electron chi connectivity index (χ3n) is 3.47. The molecule has 6 heteroatoms. The number of ether oxygens (including phenoxy) is 3. The molecule has 126 valence electrons. The minimum Gasteiger partial charge on any atom is -0.486 e. The number of halogens is 1. The first-order valence-electron chi connectivity index (χ1n) is 7.61. The lowest BCUT2D eigenvalue weighted by atomic mass is 10.1. The van der Waals surface area contributed by atoms with Crippen LogP contribution in [0.3, 0.4) is 0 Å². The summed E-state index contributed by atoms with van der Waals surface area (Å²) in [4.78, 5) is 12.1. The highest BCUT2D eigenvalue weighted by molar-refractivity contribution is 9.10. The lowest BCUT2D eigenvalue weighted by Gasteiger charge is -2.20. The average Bonchev–Trinajstić information content (AvgIpc) is 2.53. The van der Waals surface area contributed by atoms with Crippen molar-refractivity contribution < 1.29 is 19.0 Å². The Morgan fingerprint density at radius 1 is 1.08 bits per heavy atom. The van der Waals surface area contributed by atoms with Crippen molar-refractivity contribution in [1.82, 2.24) is 0 Å². The van der Waals surface area contributed by atoms with Crippen LogP contribution in [0.15, 0.2) is 34.8 Å². The van der Waals surface area contributed by atoms with E-state index in [1.54, 1.807) is 12.1 Å². The van der Waals surface area contributed by atoms with Crippen molar-refractivity contribution in [3.63, 3.8) is 0 Å². The minimum absolute atomic E-state index is 0.0657. The number of rotatable bonds is 4. The molecule has 0 bridgehead atoms. The predicted molar refractivity (Wildman–Crippen MR) is 95.2 cm³/mol. The molecule has 0 radical (unpaired) electrons. The Hall–Kier alpha value is -2.21. The molecule has 0 aliphatic carbocycles. The van der Waals surface area contributed by atoms with Crippen molar-refractivity contribution in [3.05, 3.63) is 45.9 Å². The maximum atomic E-state index is 12.1. The van der Waals surface area contributed by atoms with Gasteiger partial charge in [0, 0.05) is 16.6 Å². The average molecular weight is 392 g/mol. The van der Waals surface area contributed by atoms with Crippen LogP contribution in [-0.4, -0.2) is 25.7 Å². The Kier molecular flexibility index (Phi) is 4.94. The van der Waals surface area contributed by atoms with E-state index < -0.39 is 0 Å². The molecule has 1 N–H and O–H groups in total. The van der Waals surface area contributed by atoms with Crippen LogP contribution >= 0.6 is 15.9 Å². The van der Waals surface area contributed by atoms with Gasteiger partial charge in [0.15, 0.2) is 18.1 Å². The highest BCUT2D eigenvalue weighted by Gasteiger charge is 2.16. The molecule has 0 unspecified atom stereocenters. The largest absolute Gasteiger partial charge is 0.486 e. The van der Waals surface area contributed by atoms with Crippen molar-refractivity contribution in [2.24, 2.45) is 0 Å². The van der Waals surface area contributed by atoms with Crippen molar-refractivity contribution in [3.8, 4) is 17.2 Å². The Labute approximate surface area is 149 Å². The topological polar surface area (TPSA) is 56.8 Å². The summed E-state index contributed by atoms with van der Waals surface area (Å²) in [5.74, 6) is 1.73. The van der Waals surface area contributed by atoms with Gasteiger partial charge in [-0.3, -0.25) is 4.79 Å². The van der Waals surface area contributed by atoms with Gasteiger partial charge in [-0.25, -0.2) is 0 Å². The molecule has 2 aromatic carbocycles. The molecule has 5 nitrogen and oxygen atoms in total. The number of hydrogen-bond acceptors (Lipinski definition) is 4. The fourth-order valence-corrected chi connectivity index (χ4v) is 2.93. The maximum absolute atomic E-state index is 12.1. The molecule has 0 atom stereocenters. The molecule has 24 heavy (non-hydrogen) atoms.